The number of ether oxygens (including phenoxy) is 2. The maximum Gasteiger partial charge on any atom is 0.221 e. The molecule has 4 nitrogen and oxygen atoms in total. The third-order valence-corrected chi connectivity index (χ3v) is 4.09. The summed E-state index contributed by atoms with van der Waals surface area (Å²) in [6, 6.07) is 15.6. The Hall–Kier alpha value is -2.04. The predicted molar refractivity (Wildman–Crippen MR) is 95.8 cm³/mol. The molecule has 5 heteroatoms. The van der Waals surface area contributed by atoms with Crippen molar-refractivity contribution in [2.45, 2.75) is 12.3 Å². The van der Waals surface area contributed by atoms with Gasteiger partial charge in [-0.15, -0.1) is 0 Å². The van der Waals surface area contributed by atoms with Crippen molar-refractivity contribution in [3.05, 3.63) is 64.7 Å². The predicted octanol–water partition coefficient (Wildman–Crippen LogP) is 3.63. The fourth-order valence-corrected chi connectivity index (χ4v) is 2.83. The molecule has 1 amide bonds. The normalized spacial score (nSPS) is 11.8. The summed E-state index contributed by atoms with van der Waals surface area (Å²) in [7, 11) is 3.19. The second kappa shape index (κ2) is 9.30. The molecule has 2 aromatic carbocycles. The molecule has 2 rings (SSSR count). The third-order valence-electron chi connectivity index (χ3n) is 3.80. The number of halogens is 1. The van der Waals surface area contributed by atoms with Crippen molar-refractivity contribution in [3.8, 4) is 5.75 Å². The van der Waals surface area contributed by atoms with E-state index in [0.717, 1.165) is 11.1 Å². The summed E-state index contributed by atoms with van der Waals surface area (Å²) in [6.45, 7) is 0.996. The van der Waals surface area contributed by atoms with Crippen LogP contribution in [0.25, 0.3) is 0 Å². The fraction of sp³-hybridized carbons (Fsp3) is 0.316. The van der Waals surface area contributed by atoms with Crippen LogP contribution in [-0.2, 0) is 9.53 Å². The Morgan fingerprint density at radius 2 is 1.88 bits per heavy atom. The molecule has 1 atom stereocenters. The molecule has 0 fully saturated rings. The van der Waals surface area contributed by atoms with Gasteiger partial charge in [0.05, 0.1) is 18.7 Å². The Labute approximate surface area is 147 Å². The van der Waals surface area contributed by atoms with Crippen molar-refractivity contribution in [2.24, 2.45) is 0 Å². The molecule has 0 spiro atoms. The van der Waals surface area contributed by atoms with E-state index in [1.807, 2.05) is 48.5 Å². The summed E-state index contributed by atoms with van der Waals surface area (Å²) in [4.78, 5) is 12.3. The molecule has 0 radical (unpaired) electrons. The van der Waals surface area contributed by atoms with Gasteiger partial charge in [-0.25, -0.2) is 0 Å². The molecule has 0 aromatic heterocycles. The van der Waals surface area contributed by atoms with Gasteiger partial charge in [0, 0.05) is 26.0 Å². The van der Waals surface area contributed by atoms with Crippen molar-refractivity contribution in [3.63, 3.8) is 0 Å². The van der Waals surface area contributed by atoms with Gasteiger partial charge in [-0.1, -0.05) is 48.0 Å². The standard InChI is InChI=1S/C19H22ClNO3/c1-23-11-10-21-19(22)13-16(14-6-4-3-5-7-14)15-8-9-18(24-2)17(20)12-15/h3-9,12,16H,10-11,13H2,1-2H3,(H,21,22). The Kier molecular flexibility index (Phi) is 7.09. The van der Waals surface area contributed by atoms with E-state index >= 15 is 0 Å². The summed E-state index contributed by atoms with van der Waals surface area (Å²) in [6.07, 6.45) is 0.344. The molecule has 24 heavy (non-hydrogen) atoms. The van der Waals surface area contributed by atoms with Gasteiger partial charge >= 0.3 is 0 Å². The van der Waals surface area contributed by atoms with Crippen LogP contribution in [0.4, 0.5) is 0 Å². The lowest BCUT2D eigenvalue weighted by Gasteiger charge is -2.19. The first-order chi connectivity index (χ1) is 11.7. The lowest BCUT2D eigenvalue weighted by atomic mass is 9.88. The Morgan fingerprint density at radius 1 is 1.12 bits per heavy atom. The molecule has 0 heterocycles. The van der Waals surface area contributed by atoms with Gasteiger partial charge in [-0.2, -0.15) is 0 Å². The van der Waals surface area contributed by atoms with E-state index in [2.05, 4.69) is 5.32 Å². The van der Waals surface area contributed by atoms with Gasteiger partial charge in [-0.05, 0) is 23.3 Å². The molecule has 0 aliphatic carbocycles. The van der Waals surface area contributed by atoms with Gasteiger partial charge in [0.2, 0.25) is 5.91 Å². The number of benzene rings is 2. The zero-order valence-corrected chi connectivity index (χ0v) is 14.7. The highest BCUT2D eigenvalue weighted by Gasteiger charge is 2.19. The molecule has 0 aliphatic heterocycles. The number of hydrogen-bond acceptors (Lipinski definition) is 3. The second-order valence-corrected chi connectivity index (χ2v) is 5.81. The van der Waals surface area contributed by atoms with Gasteiger partial charge in [0.1, 0.15) is 5.75 Å². The average Bonchev–Trinajstić information content (AvgIpc) is 2.60. The number of hydrogen-bond donors (Lipinski definition) is 1. The first kappa shape index (κ1) is 18.3. The highest BCUT2D eigenvalue weighted by Crippen LogP contribution is 2.33. The molecule has 0 saturated heterocycles. The minimum atomic E-state index is -0.0721. The zero-order chi connectivity index (χ0) is 17.4. The van der Waals surface area contributed by atoms with E-state index in [9.17, 15) is 4.79 Å². The number of methoxy groups -OCH3 is 2. The summed E-state index contributed by atoms with van der Waals surface area (Å²) in [5.74, 6) is 0.529. The van der Waals surface area contributed by atoms with E-state index in [1.165, 1.54) is 0 Å². The first-order valence-electron chi connectivity index (χ1n) is 7.79. The molecular formula is C19H22ClNO3. The van der Waals surface area contributed by atoms with Crippen LogP contribution < -0.4 is 10.1 Å². The maximum absolute atomic E-state index is 12.3. The summed E-state index contributed by atoms with van der Waals surface area (Å²) < 4.78 is 10.2. The van der Waals surface area contributed by atoms with Crippen molar-refractivity contribution in [1.29, 1.82) is 0 Å². The number of nitrogens with one attached hydrogen (secondary N) is 1. The maximum atomic E-state index is 12.3. The summed E-state index contributed by atoms with van der Waals surface area (Å²) >= 11 is 6.26. The van der Waals surface area contributed by atoms with Crippen molar-refractivity contribution in [1.82, 2.24) is 5.32 Å². The molecule has 0 bridgehead atoms. The highest BCUT2D eigenvalue weighted by molar-refractivity contribution is 6.32. The highest BCUT2D eigenvalue weighted by atomic mass is 35.5. The van der Waals surface area contributed by atoms with Crippen LogP contribution >= 0.6 is 11.6 Å². The molecule has 2 aromatic rings. The van der Waals surface area contributed by atoms with Gasteiger partial charge in [0.15, 0.2) is 0 Å². The Balaban J connectivity index is 2.23. The topological polar surface area (TPSA) is 47.6 Å². The van der Waals surface area contributed by atoms with E-state index in [1.54, 1.807) is 14.2 Å². The fourth-order valence-electron chi connectivity index (χ4n) is 2.56. The average molecular weight is 348 g/mol. The number of carbonyl (C=O) groups is 1. The second-order valence-electron chi connectivity index (χ2n) is 5.40. The molecule has 0 aliphatic rings. The molecule has 128 valence electrons. The van der Waals surface area contributed by atoms with E-state index in [-0.39, 0.29) is 11.8 Å². The van der Waals surface area contributed by atoms with Crippen LogP contribution in [0.5, 0.6) is 5.75 Å². The van der Waals surface area contributed by atoms with Crippen molar-refractivity contribution < 1.29 is 14.3 Å². The quantitative estimate of drug-likeness (QED) is 0.742. The SMILES string of the molecule is COCCNC(=O)CC(c1ccccc1)c1ccc(OC)c(Cl)c1. The van der Waals surface area contributed by atoms with Crippen LogP contribution in [0.2, 0.25) is 5.02 Å². The van der Waals surface area contributed by atoms with Gasteiger partial charge in [-0.3, -0.25) is 4.79 Å². The first-order valence-corrected chi connectivity index (χ1v) is 8.17. The molecule has 1 unspecified atom stereocenters. The Bertz CT molecular complexity index is 661. The zero-order valence-electron chi connectivity index (χ0n) is 13.9. The third kappa shape index (κ3) is 4.98. The number of amides is 1. The molecule has 0 saturated carbocycles. The van der Waals surface area contributed by atoms with Gasteiger partial charge in [0.25, 0.3) is 0 Å². The van der Waals surface area contributed by atoms with E-state index in [0.29, 0.717) is 30.3 Å². The molecular weight excluding hydrogens is 326 g/mol. The minimum Gasteiger partial charge on any atom is -0.495 e. The van der Waals surface area contributed by atoms with Crippen LogP contribution in [0, 0.1) is 0 Å². The summed E-state index contributed by atoms with van der Waals surface area (Å²) in [5, 5.41) is 3.41. The minimum absolute atomic E-state index is 0.0205. The number of carbonyl (C=O) groups excluding carboxylic acids is 1. The lowest BCUT2D eigenvalue weighted by molar-refractivity contribution is -0.121. The van der Waals surface area contributed by atoms with Crippen molar-refractivity contribution in [2.75, 3.05) is 27.4 Å². The van der Waals surface area contributed by atoms with Crippen molar-refractivity contribution >= 4 is 17.5 Å². The number of rotatable bonds is 8. The van der Waals surface area contributed by atoms with E-state index in [4.69, 9.17) is 21.1 Å². The van der Waals surface area contributed by atoms with Crippen LogP contribution in [0.15, 0.2) is 48.5 Å². The van der Waals surface area contributed by atoms with Crippen LogP contribution in [0.3, 0.4) is 0 Å². The lowest BCUT2D eigenvalue weighted by Crippen LogP contribution is -2.28. The monoisotopic (exact) mass is 347 g/mol. The smallest absolute Gasteiger partial charge is 0.221 e. The largest absolute Gasteiger partial charge is 0.495 e. The molecule has 1 N–H and O–H groups in total. The van der Waals surface area contributed by atoms with Gasteiger partial charge < -0.3 is 14.8 Å². The van der Waals surface area contributed by atoms with Crippen LogP contribution in [0.1, 0.15) is 23.5 Å². The van der Waals surface area contributed by atoms with Crippen LogP contribution in [-0.4, -0.2) is 33.3 Å². The van der Waals surface area contributed by atoms with E-state index < -0.39 is 0 Å². The Morgan fingerprint density at radius 3 is 2.50 bits per heavy atom. The summed E-state index contributed by atoms with van der Waals surface area (Å²) in [5.41, 5.74) is 2.05.